The normalized spacial score (nSPS) is 12.2. The van der Waals surface area contributed by atoms with Crippen LogP contribution in [0.1, 0.15) is 28.9 Å². The molecule has 0 unspecified atom stereocenters. The summed E-state index contributed by atoms with van der Waals surface area (Å²) in [5, 5.41) is 9.66. The van der Waals surface area contributed by atoms with Crippen molar-refractivity contribution in [1.29, 1.82) is 0 Å². The van der Waals surface area contributed by atoms with Crippen molar-refractivity contribution in [3.63, 3.8) is 0 Å². The van der Waals surface area contributed by atoms with E-state index in [1.54, 1.807) is 11.6 Å². The predicted molar refractivity (Wildman–Crippen MR) is 132 cm³/mol. The standard InChI is InChI=1S/C23H20F3N7O4S/c1-12(13-2-4-14(24)5-3-13)37-17-10-15(33-38(35,36)23(25)26)6-7-16(17)20-19(21(27)34)22(32-31-20)30-18-11-28-8-9-29-18/h2-12,23,33H,1H3,(H2,27,34)(H2,29,30,31,32)/t12-/m1/s1. The quantitative estimate of drug-likeness (QED) is 0.232. The van der Waals surface area contributed by atoms with E-state index in [0.29, 0.717) is 5.56 Å². The monoisotopic (exact) mass is 547 g/mol. The highest BCUT2D eigenvalue weighted by Crippen LogP contribution is 2.38. The minimum Gasteiger partial charge on any atom is -0.485 e. The van der Waals surface area contributed by atoms with E-state index in [9.17, 15) is 26.4 Å². The molecule has 15 heteroatoms. The van der Waals surface area contributed by atoms with Gasteiger partial charge in [0.1, 0.15) is 40.6 Å². The number of nitrogens with zero attached hydrogens (tertiary/aromatic N) is 3. The topological polar surface area (TPSA) is 165 Å². The minimum absolute atomic E-state index is 0.0217. The van der Waals surface area contributed by atoms with Gasteiger partial charge in [-0.1, -0.05) is 12.1 Å². The maximum atomic E-state index is 13.4. The molecular weight excluding hydrogens is 527 g/mol. The average Bonchev–Trinajstić information content (AvgIpc) is 3.28. The Labute approximate surface area is 214 Å². The number of H-pyrrole nitrogens is 1. The lowest BCUT2D eigenvalue weighted by Crippen LogP contribution is -2.20. The number of anilines is 3. The van der Waals surface area contributed by atoms with Crippen LogP contribution in [0, 0.1) is 5.82 Å². The van der Waals surface area contributed by atoms with Gasteiger partial charge in [0, 0.05) is 24.0 Å². The first-order chi connectivity index (χ1) is 18.0. The van der Waals surface area contributed by atoms with Crippen LogP contribution in [0.4, 0.5) is 30.5 Å². The molecule has 0 aliphatic rings. The fourth-order valence-corrected chi connectivity index (χ4v) is 3.98. The number of carbonyl (C=O) groups is 1. The molecule has 1 amide bonds. The van der Waals surface area contributed by atoms with Gasteiger partial charge in [-0.25, -0.2) is 17.8 Å². The molecule has 0 aliphatic carbocycles. The Morgan fingerprint density at radius 1 is 1.13 bits per heavy atom. The Morgan fingerprint density at radius 3 is 2.50 bits per heavy atom. The predicted octanol–water partition coefficient (Wildman–Crippen LogP) is 3.95. The molecule has 11 nitrogen and oxygen atoms in total. The number of primary amides is 1. The van der Waals surface area contributed by atoms with Crippen molar-refractivity contribution in [3.8, 4) is 17.0 Å². The van der Waals surface area contributed by atoms with Crippen LogP contribution in [0.3, 0.4) is 0 Å². The van der Waals surface area contributed by atoms with Crippen molar-refractivity contribution in [1.82, 2.24) is 20.2 Å². The molecule has 0 aliphatic heterocycles. The highest BCUT2D eigenvalue weighted by atomic mass is 32.2. The highest BCUT2D eigenvalue weighted by Gasteiger charge is 2.27. The van der Waals surface area contributed by atoms with Crippen molar-refractivity contribution < 1.29 is 31.1 Å². The van der Waals surface area contributed by atoms with Crippen molar-refractivity contribution in [2.75, 3.05) is 10.0 Å². The summed E-state index contributed by atoms with van der Waals surface area (Å²) in [5.41, 5.74) is 6.06. The molecule has 0 radical (unpaired) electrons. The molecule has 4 aromatic rings. The largest absolute Gasteiger partial charge is 0.485 e. The maximum absolute atomic E-state index is 13.4. The van der Waals surface area contributed by atoms with Crippen LogP contribution in [-0.2, 0) is 10.0 Å². The van der Waals surface area contributed by atoms with Gasteiger partial charge < -0.3 is 15.8 Å². The van der Waals surface area contributed by atoms with E-state index in [4.69, 9.17) is 10.5 Å². The summed E-state index contributed by atoms with van der Waals surface area (Å²) < 4.78 is 70.5. The van der Waals surface area contributed by atoms with Crippen molar-refractivity contribution in [3.05, 3.63) is 78.0 Å². The molecule has 198 valence electrons. The second-order valence-corrected chi connectivity index (χ2v) is 9.48. The lowest BCUT2D eigenvalue weighted by molar-refractivity contribution is 0.100. The molecule has 38 heavy (non-hydrogen) atoms. The van der Waals surface area contributed by atoms with Gasteiger partial charge in [0.2, 0.25) is 0 Å². The molecule has 0 fully saturated rings. The van der Waals surface area contributed by atoms with Crippen molar-refractivity contribution in [2.45, 2.75) is 18.8 Å². The van der Waals surface area contributed by atoms with Gasteiger partial charge in [0.05, 0.1) is 11.9 Å². The van der Waals surface area contributed by atoms with Gasteiger partial charge in [-0.2, -0.15) is 13.9 Å². The van der Waals surface area contributed by atoms with E-state index in [2.05, 4.69) is 25.5 Å². The number of nitrogens with two attached hydrogens (primary N) is 1. The first-order valence-corrected chi connectivity index (χ1v) is 12.4. The zero-order valence-corrected chi connectivity index (χ0v) is 20.3. The number of benzene rings is 2. The third kappa shape index (κ3) is 5.83. The lowest BCUT2D eigenvalue weighted by Gasteiger charge is -2.19. The van der Waals surface area contributed by atoms with Gasteiger partial charge in [-0.15, -0.1) is 0 Å². The van der Waals surface area contributed by atoms with E-state index in [1.165, 1.54) is 55.0 Å². The molecule has 2 heterocycles. The van der Waals surface area contributed by atoms with E-state index in [-0.39, 0.29) is 39.9 Å². The summed E-state index contributed by atoms with van der Waals surface area (Å²) in [7, 11) is -4.98. The number of aromatic amines is 1. The Hall–Kier alpha value is -4.66. The zero-order valence-electron chi connectivity index (χ0n) is 19.5. The molecule has 0 spiro atoms. The van der Waals surface area contributed by atoms with Crippen LogP contribution in [0.25, 0.3) is 11.3 Å². The number of aromatic nitrogens is 4. The second-order valence-electron chi connectivity index (χ2n) is 7.83. The summed E-state index contributed by atoms with van der Waals surface area (Å²) in [5.74, 6) is -4.67. The van der Waals surface area contributed by atoms with Crippen LogP contribution >= 0.6 is 0 Å². The Bertz CT molecular complexity index is 1550. The van der Waals surface area contributed by atoms with E-state index in [1.807, 2.05) is 0 Å². The number of halogens is 3. The first kappa shape index (κ1) is 26.4. The zero-order chi connectivity index (χ0) is 27.4. The minimum atomic E-state index is -4.98. The van der Waals surface area contributed by atoms with Gasteiger partial charge >= 0.3 is 5.76 Å². The molecule has 1 atom stereocenters. The summed E-state index contributed by atoms with van der Waals surface area (Å²) >= 11 is 0. The van der Waals surface area contributed by atoms with Gasteiger partial charge in [-0.3, -0.25) is 19.6 Å². The van der Waals surface area contributed by atoms with Crippen molar-refractivity contribution >= 4 is 33.3 Å². The number of nitrogens with one attached hydrogen (secondary N) is 3. The molecule has 0 saturated heterocycles. The lowest BCUT2D eigenvalue weighted by atomic mass is 10.0. The number of hydrogen-bond acceptors (Lipinski definition) is 8. The number of hydrogen-bond donors (Lipinski definition) is 4. The third-order valence-electron chi connectivity index (χ3n) is 5.20. The number of amides is 1. The third-order valence-corrected chi connectivity index (χ3v) is 6.19. The second kappa shape index (κ2) is 10.8. The van der Waals surface area contributed by atoms with E-state index < -0.39 is 33.6 Å². The Kier molecular flexibility index (Phi) is 7.47. The molecule has 2 aromatic heterocycles. The van der Waals surface area contributed by atoms with Crippen molar-refractivity contribution in [2.24, 2.45) is 5.73 Å². The fraction of sp³-hybridized carbons (Fsp3) is 0.130. The number of alkyl halides is 2. The van der Waals surface area contributed by atoms with Crippen LogP contribution in [0.15, 0.2) is 61.1 Å². The average molecular weight is 548 g/mol. The molecule has 2 aromatic carbocycles. The number of ether oxygens (including phenoxy) is 1. The summed E-state index contributed by atoms with van der Waals surface area (Å²) in [6, 6.07) is 9.10. The number of rotatable bonds is 10. The first-order valence-electron chi connectivity index (χ1n) is 10.8. The van der Waals surface area contributed by atoms with Crippen LogP contribution < -0.4 is 20.5 Å². The summed E-state index contributed by atoms with van der Waals surface area (Å²) in [4.78, 5) is 20.4. The molecule has 0 bridgehead atoms. The molecule has 0 saturated carbocycles. The van der Waals surface area contributed by atoms with Crippen LogP contribution in [0.2, 0.25) is 0 Å². The van der Waals surface area contributed by atoms with Gasteiger partial charge in [0.25, 0.3) is 15.9 Å². The van der Waals surface area contributed by atoms with Crippen LogP contribution in [0.5, 0.6) is 5.75 Å². The molecule has 5 N–H and O–H groups in total. The molecule has 4 rings (SSSR count). The number of carbonyl (C=O) groups excluding carboxylic acids is 1. The summed E-state index contributed by atoms with van der Waals surface area (Å²) in [6.45, 7) is 1.63. The van der Waals surface area contributed by atoms with E-state index in [0.717, 1.165) is 6.07 Å². The van der Waals surface area contributed by atoms with Crippen LogP contribution in [-0.4, -0.2) is 40.2 Å². The Balaban J connectivity index is 1.79. The number of sulfonamides is 1. The molecular formula is C23H20F3N7O4S. The summed E-state index contributed by atoms with van der Waals surface area (Å²) in [6.07, 6.45) is 3.55. The SMILES string of the molecule is C[C@@H](Oc1cc(NS(=O)(=O)C(F)F)ccc1-c1n[nH]c(Nc2cnccn2)c1C(N)=O)c1ccc(F)cc1. The Morgan fingerprint density at radius 2 is 1.87 bits per heavy atom. The van der Waals surface area contributed by atoms with E-state index >= 15 is 0 Å². The fourth-order valence-electron chi connectivity index (χ4n) is 3.44. The maximum Gasteiger partial charge on any atom is 0.355 e. The smallest absolute Gasteiger partial charge is 0.355 e. The highest BCUT2D eigenvalue weighted by molar-refractivity contribution is 7.93. The van der Waals surface area contributed by atoms with Gasteiger partial charge in [-0.05, 0) is 36.8 Å². The van der Waals surface area contributed by atoms with Gasteiger partial charge in [0.15, 0.2) is 0 Å².